The number of benzene rings is 1. The van der Waals surface area contributed by atoms with Gasteiger partial charge in [-0.1, -0.05) is 32.9 Å². The van der Waals surface area contributed by atoms with Crippen LogP contribution in [0.3, 0.4) is 0 Å². The summed E-state index contributed by atoms with van der Waals surface area (Å²) >= 11 is 0. The summed E-state index contributed by atoms with van der Waals surface area (Å²) in [6.07, 6.45) is -0.312. The first-order chi connectivity index (χ1) is 8.34. The Morgan fingerprint density at radius 2 is 1.94 bits per heavy atom. The van der Waals surface area contributed by atoms with Crippen molar-refractivity contribution >= 4 is 23.3 Å². The zero-order valence-corrected chi connectivity index (χ0v) is 10.6. The summed E-state index contributed by atoms with van der Waals surface area (Å²) in [5.74, 6) is 0. The van der Waals surface area contributed by atoms with E-state index in [0.29, 0.717) is 16.8 Å². The summed E-state index contributed by atoms with van der Waals surface area (Å²) < 4.78 is 1.25. The van der Waals surface area contributed by atoms with E-state index in [0.717, 1.165) is 11.7 Å². The lowest BCUT2D eigenvalue weighted by Gasteiger charge is -2.19. The molecule has 0 bridgehead atoms. The smallest absolute Gasteiger partial charge is 0.416 e. The predicted molar refractivity (Wildman–Crippen MR) is 69.4 cm³/mol. The van der Waals surface area contributed by atoms with Gasteiger partial charge in [0, 0.05) is 22.1 Å². The minimum absolute atomic E-state index is 0.279. The fourth-order valence-electron chi connectivity index (χ4n) is 2.05. The lowest BCUT2D eigenvalue weighted by Crippen LogP contribution is -2.21. The van der Waals surface area contributed by atoms with Crippen LogP contribution in [-0.4, -0.2) is 22.1 Å². The maximum absolute atomic E-state index is 11.4. The van der Waals surface area contributed by atoms with E-state index in [1.807, 2.05) is 26.8 Å². The SMILES string of the molecule is CC(C)(C)c1cc2ccc(C=O)cc2n1C(=O)O. The molecule has 0 spiro atoms. The van der Waals surface area contributed by atoms with Crippen molar-refractivity contribution in [2.75, 3.05) is 0 Å². The molecule has 1 aromatic heterocycles. The van der Waals surface area contributed by atoms with Gasteiger partial charge in [-0.15, -0.1) is 0 Å². The standard InChI is InChI=1S/C14H15NO3/c1-14(2,3)12-7-10-5-4-9(8-16)6-11(10)15(12)13(17)18/h4-8H,1-3H3,(H,17,18). The molecule has 0 fully saturated rings. The van der Waals surface area contributed by atoms with Crippen molar-refractivity contribution in [3.8, 4) is 0 Å². The molecule has 2 aromatic rings. The summed E-state index contributed by atoms with van der Waals surface area (Å²) in [5, 5.41) is 10.2. The Hall–Kier alpha value is -2.10. The Balaban J connectivity index is 2.85. The molecule has 1 N–H and O–H groups in total. The Kier molecular flexibility index (Phi) is 2.73. The molecule has 1 heterocycles. The Morgan fingerprint density at radius 3 is 2.44 bits per heavy atom. The molecule has 0 saturated carbocycles. The van der Waals surface area contributed by atoms with E-state index in [9.17, 15) is 14.7 Å². The molecule has 0 amide bonds. The highest BCUT2D eigenvalue weighted by Gasteiger charge is 2.24. The molecule has 1 aromatic carbocycles. The number of carbonyl (C=O) groups is 2. The van der Waals surface area contributed by atoms with E-state index in [4.69, 9.17) is 0 Å². The van der Waals surface area contributed by atoms with Crippen molar-refractivity contribution in [3.63, 3.8) is 0 Å². The number of carbonyl (C=O) groups excluding carboxylic acids is 1. The lowest BCUT2D eigenvalue weighted by molar-refractivity contribution is 0.112. The van der Waals surface area contributed by atoms with Gasteiger partial charge < -0.3 is 5.11 Å². The number of carboxylic acid groups (broad SMARTS) is 1. The second-order valence-electron chi connectivity index (χ2n) is 5.33. The number of aldehydes is 1. The largest absolute Gasteiger partial charge is 0.464 e. The van der Waals surface area contributed by atoms with Crippen LogP contribution in [0.15, 0.2) is 24.3 Å². The maximum Gasteiger partial charge on any atom is 0.416 e. The highest BCUT2D eigenvalue weighted by Crippen LogP contribution is 2.29. The van der Waals surface area contributed by atoms with Gasteiger partial charge in [0.25, 0.3) is 0 Å². The average Bonchev–Trinajstić information content (AvgIpc) is 2.66. The fourth-order valence-corrected chi connectivity index (χ4v) is 2.05. The van der Waals surface area contributed by atoms with Crippen molar-refractivity contribution in [1.29, 1.82) is 0 Å². The molecule has 4 nitrogen and oxygen atoms in total. The number of nitrogens with zero attached hydrogens (tertiary/aromatic N) is 1. The third-order valence-electron chi connectivity index (χ3n) is 2.92. The van der Waals surface area contributed by atoms with Crippen LogP contribution >= 0.6 is 0 Å². The van der Waals surface area contributed by atoms with Crippen molar-refractivity contribution in [2.24, 2.45) is 0 Å². The van der Waals surface area contributed by atoms with E-state index >= 15 is 0 Å². The summed E-state index contributed by atoms with van der Waals surface area (Å²) in [4.78, 5) is 22.2. The molecule has 18 heavy (non-hydrogen) atoms. The van der Waals surface area contributed by atoms with Crippen molar-refractivity contribution < 1.29 is 14.7 Å². The predicted octanol–water partition coefficient (Wildman–Crippen LogP) is 3.28. The van der Waals surface area contributed by atoms with E-state index in [2.05, 4.69) is 0 Å². The molecular weight excluding hydrogens is 230 g/mol. The lowest BCUT2D eigenvalue weighted by atomic mass is 9.92. The van der Waals surface area contributed by atoms with Crippen LogP contribution in [0.25, 0.3) is 10.9 Å². The number of fused-ring (bicyclic) bond motifs is 1. The van der Waals surface area contributed by atoms with Gasteiger partial charge in [-0.2, -0.15) is 0 Å². The highest BCUT2D eigenvalue weighted by atomic mass is 16.4. The third kappa shape index (κ3) is 1.90. The van der Waals surface area contributed by atoms with Crippen LogP contribution in [0.2, 0.25) is 0 Å². The zero-order valence-electron chi connectivity index (χ0n) is 10.6. The first kappa shape index (κ1) is 12.4. The van der Waals surface area contributed by atoms with Gasteiger partial charge in [-0.3, -0.25) is 4.79 Å². The highest BCUT2D eigenvalue weighted by molar-refractivity contribution is 5.93. The molecule has 0 aliphatic carbocycles. The van der Waals surface area contributed by atoms with Crippen LogP contribution in [0.4, 0.5) is 4.79 Å². The average molecular weight is 245 g/mol. The molecule has 0 aliphatic heterocycles. The summed E-state index contributed by atoms with van der Waals surface area (Å²) in [6, 6.07) is 6.92. The maximum atomic E-state index is 11.4. The molecule has 4 heteroatoms. The normalized spacial score (nSPS) is 11.7. The second-order valence-corrected chi connectivity index (χ2v) is 5.33. The van der Waals surface area contributed by atoms with Gasteiger partial charge >= 0.3 is 6.09 Å². The van der Waals surface area contributed by atoms with Crippen LogP contribution in [-0.2, 0) is 5.41 Å². The van der Waals surface area contributed by atoms with Crippen molar-refractivity contribution in [3.05, 3.63) is 35.5 Å². The van der Waals surface area contributed by atoms with Crippen LogP contribution < -0.4 is 0 Å². The van der Waals surface area contributed by atoms with Gasteiger partial charge in [-0.05, 0) is 12.1 Å². The van der Waals surface area contributed by atoms with Gasteiger partial charge in [0.2, 0.25) is 0 Å². The van der Waals surface area contributed by atoms with Gasteiger partial charge in [-0.25, -0.2) is 9.36 Å². The molecular formula is C14H15NO3. The van der Waals surface area contributed by atoms with Crippen molar-refractivity contribution in [1.82, 2.24) is 4.57 Å². The molecule has 0 saturated heterocycles. The first-order valence-electron chi connectivity index (χ1n) is 5.69. The number of rotatable bonds is 1. The fraction of sp³-hybridized carbons (Fsp3) is 0.286. The van der Waals surface area contributed by atoms with E-state index in [-0.39, 0.29) is 5.41 Å². The first-order valence-corrected chi connectivity index (χ1v) is 5.69. The molecule has 0 aliphatic rings. The zero-order chi connectivity index (χ0) is 13.5. The summed E-state index contributed by atoms with van der Waals surface area (Å²) in [6.45, 7) is 5.88. The van der Waals surface area contributed by atoms with Gasteiger partial charge in [0.15, 0.2) is 0 Å². The Bertz CT molecular complexity index is 632. The number of hydrogen-bond donors (Lipinski definition) is 1. The van der Waals surface area contributed by atoms with Crippen LogP contribution in [0.1, 0.15) is 36.8 Å². The van der Waals surface area contributed by atoms with Gasteiger partial charge in [0.1, 0.15) is 6.29 Å². The molecule has 0 unspecified atom stereocenters. The Morgan fingerprint density at radius 1 is 1.28 bits per heavy atom. The minimum Gasteiger partial charge on any atom is -0.464 e. The van der Waals surface area contributed by atoms with E-state index in [1.165, 1.54) is 4.57 Å². The monoisotopic (exact) mass is 245 g/mol. The third-order valence-corrected chi connectivity index (χ3v) is 2.92. The number of aromatic nitrogens is 1. The number of hydrogen-bond acceptors (Lipinski definition) is 2. The van der Waals surface area contributed by atoms with Gasteiger partial charge in [0.05, 0.1) is 5.52 Å². The minimum atomic E-state index is -1.03. The van der Waals surface area contributed by atoms with E-state index in [1.54, 1.807) is 18.2 Å². The van der Waals surface area contributed by atoms with Crippen LogP contribution in [0.5, 0.6) is 0 Å². The quantitative estimate of drug-likeness (QED) is 0.784. The summed E-state index contributed by atoms with van der Waals surface area (Å²) in [7, 11) is 0. The summed E-state index contributed by atoms with van der Waals surface area (Å²) in [5.41, 5.74) is 1.47. The Labute approximate surface area is 105 Å². The van der Waals surface area contributed by atoms with E-state index < -0.39 is 6.09 Å². The van der Waals surface area contributed by atoms with Crippen LogP contribution in [0, 0.1) is 0 Å². The molecule has 0 atom stereocenters. The second kappa shape index (κ2) is 3.98. The topological polar surface area (TPSA) is 59.3 Å². The molecule has 94 valence electrons. The molecule has 0 radical (unpaired) electrons. The molecule has 2 rings (SSSR count). The van der Waals surface area contributed by atoms with Crippen molar-refractivity contribution in [2.45, 2.75) is 26.2 Å².